The summed E-state index contributed by atoms with van der Waals surface area (Å²) < 4.78 is 1.98. The van der Waals surface area contributed by atoms with Gasteiger partial charge in [0, 0.05) is 22.3 Å². The van der Waals surface area contributed by atoms with Crippen LogP contribution in [0.2, 0.25) is 0 Å². The Hall–Kier alpha value is -2.02. The average molecular weight is 225 g/mol. The first-order chi connectivity index (χ1) is 8.21. The summed E-state index contributed by atoms with van der Waals surface area (Å²) in [4.78, 5) is 0. The van der Waals surface area contributed by atoms with E-state index in [4.69, 9.17) is 0 Å². The molecule has 0 atom stereocenters. The molecule has 1 heteroatoms. The summed E-state index contributed by atoms with van der Waals surface area (Å²) in [7, 11) is 0. The summed E-state index contributed by atoms with van der Waals surface area (Å²) in [5, 5.41) is 2.02. The second-order valence-electron chi connectivity index (χ2n) is 3.61. The molecule has 0 bridgehead atoms. The lowest BCUT2D eigenvalue weighted by atomic mass is 10.1. The van der Waals surface area contributed by atoms with Crippen molar-refractivity contribution in [2.45, 2.75) is 13.8 Å². The van der Waals surface area contributed by atoms with Crippen LogP contribution in [0, 0.1) is 0 Å². The zero-order valence-corrected chi connectivity index (χ0v) is 10.6. The zero-order valence-electron chi connectivity index (χ0n) is 10.6. The second-order valence-corrected chi connectivity index (χ2v) is 3.61. The maximum atomic E-state index is 4.10. The van der Waals surface area contributed by atoms with Gasteiger partial charge in [0.1, 0.15) is 0 Å². The van der Waals surface area contributed by atoms with Crippen LogP contribution in [0.1, 0.15) is 25.1 Å². The van der Waals surface area contributed by atoms with Crippen LogP contribution in [-0.4, -0.2) is 4.57 Å². The predicted octanol–water partition coefficient (Wildman–Crippen LogP) is 3.03. The third-order valence-electron chi connectivity index (χ3n) is 2.59. The Balaban J connectivity index is 3.79. The zero-order chi connectivity index (χ0) is 12.8. The predicted molar refractivity (Wildman–Crippen MR) is 79.7 cm³/mol. The van der Waals surface area contributed by atoms with Crippen LogP contribution in [-0.2, 0) is 0 Å². The van der Waals surface area contributed by atoms with Crippen molar-refractivity contribution in [2.24, 2.45) is 0 Å². The van der Waals surface area contributed by atoms with Gasteiger partial charge in [-0.25, -0.2) is 0 Å². The van der Waals surface area contributed by atoms with Gasteiger partial charge in [-0.2, -0.15) is 0 Å². The monoisotopic (exact) mass is 225 g/mol. The van der Waals surface area contributed by atoms with Gasteiger partial charge in [0.05, 0.1) is 5.69 Å². The van der Waals surface area contributed by atoms with Crippen molar-refractivity contribution in [3.05, 3.63) is 53.2 Å². The molecule has 88 valence electrons. The van der Waals surface area contributed by atoms with Gasteiger partial charge in [-0.15, -0.1) is 0 Å². The van der Waals surface area contributed by atoms with E-state index in [9.17, 15) is 0 Å². The van der Waals surface area contributed by atoms with Crippen LogP contribution in [0.4, 0.5) is 0 Å². The van der Waals surface area contributed by atoms with E-state index in [1.807, 2.05) is 54.9 Å². The van der Waals surface area contributed by atoms with Crippen LogP contribution >= 0.6 is 0 Å². The van der Waals surface area contributed by atoms with Gasteiger partial charge < -0.3 is 4.57 Å². The highest BCUT2D eigenvalue weighted by Crippen LogP contribution is 2.07. The van der Waals surface area contributed by atoms with E-state index in [1.165, 1.54) is 0 Å². The van der Waals surface area contributed by atoms with E-state index in [0.717, 1.165) is 21.8 Å². The maximum absolute atomic E-state index is 4.10. The highest BCUT2D eigenvalue weighted by atomic mass is 15.0. The third-order valence-corrected chi connectivity index (χ3v) is 2.59. The van der Waals surface area contributed by atoms with E-state index in [2.05, 4.69) is 19.7 Å². The lowest BCUT2D eigenvalue weighted by molar-refractivity contribution is 1.10. The van der Waals surface area contributed by atoms with E-state index in [-0.39, 0.29) is 0 Å². The molecule has 0 aliphatic rings. The van der Waals surface area contributed by atoms with Crippen LogP contribution in [0.15, 0.2) is 31.4 Å². The fraction of sp³-hybridized carbons (Fsp3) is 0.125. The summed E-state index contributed by atoms with van der Waals surface area (Å²) in [6.45, 7) is 15.8. The Bertz CT molecular complexity index is 580. The SMILES string of the molecule is C=Cc1c(/C=C\C)n(C=C)c(=C)/c1=C\C=C/C. The highest BCUT2D eigenvalue weighted by Gasteiger charge is 2.06. The molecule has 0 unspecified atom stereocenters. The summed E-state index contributed by atoms with van der Waals surface area (Å²) in [5.41, 5.74) is 2.16. The molecular formula is C16H19N. The molecule has 1 aromatic heterocycles. The third kappa shape index (κ3) is 2.39. The van der Waals surface area contributed by atoms with Gasteiger partial charge in [-0.3, -0.25) is 0 Å². The second kappa shape index (κ2) is 5.90. The van der Waals surface area contributed by atoms with E-state index in [1.54, 1.807) is 6.20 Å². The molecule has 1 aromatic rings. The topological polar surface area (TPSA) is 4.93 Å². The minimum Gasteiger partial charge on any atom is -0.317 e. The maximum Gasteiger partial charge on any atom is 0.0530 e. The van der Waals surface area contributed by atoms with Gasteiger partial charge >= 0.3 is 0 Å². The largest absolute Gasteiger partial charge is 0.317 e. The van der Waals surface area contributed by atoms with Crippen molar-refractivity contribution in [2.75, 3.05) is 0 Å². The normalized spacial score (nSPS) is 12.7. The minimum atomic E-state index is 0.932. The first-order valence-corrected chi connectivity index (χ1v) is 5.65. The Kier molecular flexibility index (Phi) is 4.53. The summed E-state index contributed by atoms with van der Waals surface area (Å²) >= 11 is 0. The van der Waals surface area contributed by atoms with Gasteiger partial charge in [0.25, 0.3) is 0 Å². The number of aromatic nitrogens is 1. The molecule has 0 radical (unpaired) electrons. The molecular weight excluding hydrogens is 206 g/mol. The molecule has 1 heterocycles. The van der Waals surface area contributed by atoms with E-state index < -0.39 is 0 Å². The number of hydrogen-bond acceptors (Lipinski definition) is 0. The Morgan fingerprint density at radius 1 is 1.12 bits per heavy atom. The molecule has 0 spiro atoms. The lowest BCUT2D eigenvalue weighted by Crippen LogP contribution is -2.25. The number of nitrogens with zero attached hydrogens (tertiary/aromatic N) is 1. The van der Waals surface area contributed by atoms with Crippen LogP contribution in [0.3, 0.4) is 0 Å². The van der Waals surface area contributed by atoms with Crippen molar-refractivity contribution >= 4 is 31.0 Å². The summed E-state index contributed by atoms with van der Waals surface area (Å²) in [6, 6.07) is 0. The molecule has 0 aromatic carbocycles. The van der Waals surface area contributed by atoms with Crippen LogP contribution in [0.5, 0.6) is 0 Å². The first-order valence-electron chi connectivity index (χ1n) is 5.65. The number of rotatable bonds is 4. The lowest BCUT2D eigenvalue weighted by Gasteiger charge is -1.99. The fourth-order valence-corrected chi connectivity index (χ4v) is 1.83. The molecule has 0 aliphatic heterocycles. The van der Waals surface area contributed by atoms with Crippen LogP contribution in [0.25, 0.3) is 31.0 Å². The van der Waals surface area contributed by atoms with Gasteiger partial charge in [0.2, 0.25) is 0 Å². The van der Waals surface area contributed by atoms with E-state index in [0.29, 0.717) is 0 Å². The Morgan fingerprint density at radius 3 is 2.29 bits per heavy atom. The highest BCUT2D eigenvalue weighted by molar-refractivity contribution is 5.67. The fourth-order valence-electron chi connectivity index (χ4n) is 1.83. The van der Waals surface area contributed by atoms with Gasteiger partial charge in [-0.05, 0) is 19.9 Å². The molecule has 1 nitrogen and oxygen atoms in total. The molecule has 0 N–H and O–H groups in total. The first kappa shape index (κ1) is 13.0. The summed E-state index contributed by atoms with van der Waals surface area (Å²) in [5.74, 6) is 0. The minimum absolute atomic E-state index is 0.932. The van der Waals surface area contributed by atoms with Gasteiger partial charge in [0.15, 0.2) is 0 Å². The Morgan fingerprint density at radius 2 is 1.82 bits per heavy atom. The summed E-state index contributed by atoms with van der Waals surface area (Å²) in [6.07, 6.45) is 13.7. The standard InChI is InChI=1S/C16H19N/c1-6-10-12-15-13(5)17(9-4)16(11-7-2)14(15)8-3/h6-12H,3-5H2,1-2H3/b10-6-,11-7-,15-12+. The number of allylic oxidation sites excluding steroid dienone is 3. The van der Waals surface area contributed by atoms with Crippen molar-refractivity contribution in [1.82, 2.24) is 4.57 Å². The van der Waals surface area contributed by atoms with Crippen molar-refractivity contribution in [3.8, 4) is 0 Å². The molecule has 0 aliphatic carbocycles. The average Bonchev–Trinajstić information content (AvgIpc) is 2.59. The molecule has 0 amide bonds. The number of hydrogen-bond donors (Lipinski definition) is 0. The van der Waals surface area contributed by atoms with Gasteiger partial charge in [-0.1, -0.05) is 50.1 Å². The smallest absolute Gasteiger partial charge is 0.0530 e. The molecule has 0 saturated heterocycles. The molecule has 0 fully saturated rings. The van der Waals surface area contributed by atoms with Crippen molar-refractivity contribution in [1.29, 1.82) is 0 Å². The van der Waals surface area contributed by atoms with Crippen molar-refractivity contribution < 1.29 is 0 Å². The quantitative estimate of drug-likeness (QED) is 0.742. The molecule has 1 rings (SSSR count). The van der Waals surface area contributed by atoms with Crippen LogP contribution < -0.4 is 10.6 Å². The molecule has 17 heavy (non-hydrogen) atoms. The van der Waals surface area contributed by atoms with E-state index >= 15 is 0 Å². The Labute approximate surface area is 103 Å². The molecule has 0 saturated carbocycles. The van der Waals surface area contributed by atoms with Crippen molar-refractivity contribution in [3.63, 3.8) is 0 Å².